The molecule has 1 amide bonds. The van der Waals surface area contributed by atoms with Gasteiger partial charge >= 0.3 is 0 Å². The SMILES string of the molecule is O=C1CC2(CN(S(=O)(=O)c3cccc(Cl)c3)C2)ON1Cc1ccccc1. The van der Waals surface area contributed by atoms with Crippen molar-refractivity contribution in [3.05, 3.63) is 65.2 Å². The smallest absolute Gasteiger partial charge is 0.249 e. The van der Waals surface area contributed by atoms with Gasteiger partial charge in [-0.2, -0.15) is 4.31 Å². The number of rotatable bonds is 4. The Morgan fingerprint density at radius 2 is 1.81 bits per heavy atom. The first kappa shape index (κ1) is 17.5. The summed E-state index contributed by atoms with van der Waals surface area (Å²) in [6.07, 6.45) is 0.182. The maximum absolute atomic E-state index is 12.7. The standard InChI is InChI=1S/C18H17ClN2O4S/c19-15-7-4-8-16(9-15)26(23,24)20-12-18(13-20)10-17(22)21(25-18)11-14-5-2-1-3-6-14/h1-9H,10-13H2. The molecule has 0 aliphatic carbocycles. The zero-order valence-electron chi connectivity index (χ0n) is 13.8. The van der Waals surface area contributed by atoms with Gasteiger partial charge in [0.15, 0.2) is 0 Å². The summed E-state index contributed by atoms with van der Waals surface area (Å²) in [7, 11) is -3.64. The van der Waals surface area contributed by atoms with E-state index in [0.29, 0.717) is 11.6 Å². The van der Waals surface area contributed by atoms with Crippen LogP contribution in [0.15, 0.2) is 59.5 Å². The van der Waals surface area contributed by atoms with E-state index in [9.17, 15) is 13.2 Å². The van der Waals surface area contributed by atoms with Crippen molar-refractivity contribution in [3.8, 4) is 0 Å². The van der Waals surface area contributed by atoms with E-state index in [0.717, 1.165) is 5.56 Å². The van der Waals surface area contributed by atoms with Crippen LogP contribution in [0.25, 0.3) is 0 Å². The molecule has 0 radical (unpaired) electrons. The van der Waals surface area contributed by atoms with Gasteiger partial charge in [0.25, 0.3) is 0 Å². The predicted molar refractivity (Wildman–Crippen MR) is 95.6 cm³/mol. The lowest BCUT2D eigenvalue weighted by molar-refractivity contribution is -0.228. The number of amides is 1. The van der Waals surface area contributed by atoms with Crippen molar-refractivity contribution in [1.29, 1.82) is 0 Å². The van der Waals surface area contributed by atoms with Crippen molar-refractivity contribution in [2.75, 3.05) is 13.1 Å². The van der Waals surface area contributed by atoms with Crippen LogP contribution in [0.5, 0.6) is 0 Å². The second kappa shape index (κ2) is 6.35. The molecule has 26 heavy (non-hydrogen) atoms. The Morgan fingerprint density at radius 1 is 1.08 bits per heavy atom. The summed E-state index contributed by atoms with van der Waals surface area (Å²) in [5, 5.41) is 1.70. The summed E-state index contributed by atoms with van der Waals surface area (Å²) >= 11 is 5.89. The minimum Gasteiger partial charge on any atom is -0.272 e. The molecule has 2 aliphatic rings. The van der Waals surface area contributed by atoms with Crippen molar-refractivity contribution in [3.63, 3.8) is 0 Å². The quantitative estimate of drug-likeness (QED) is 0.801. The molecule has 6 nitrogen and oxygen atoms in total. The fourth-order valence-corrected chi connectivity index (χ4v) is 5.15. The topological polar surface area (TPSA) is 66.9 Å². The maximum Gasteiger partial charge on any atom is 0.249 e. The number of hydrogen-bond donors (Lipinski definition) is 0. The zero-order valence-corrected chi connectivity index (χ0v) is 15.4. The van der Waals surface area contributed by atoms with E-state index in [2.05, 4.69) is 0 Å². The van der Waals surface area contributed by atoms with E-state index >= 15 is 0 Å². The van der Waals surface area contributed by atoms with Crippen LogP contribution in [0, 0.1) is 0 Å². The Kier molecular flexibility index (Phi) is 4.27. The molecule has 0 N–H and O–H groups in total. The molecule has 2 saturated heterocycles. The zero-order chi connectivity index (χ0) is 18.4. The third kappa shape index (κ3) is 3.12. The lowest BCUT2D eigenvalue weighted by Crippen LogP contribution is -2.63. The van der Waals surface area contributed by atoms with Crippen LogP contribution in [0.1, 0.15) is 12.0 Å². The van der Waals surface area contributed by atoms with E-state index < -0.39 is 15.6 Å². The normalized spacial score (nSPS) is 19.7. The van der Waals surface area contributed by atoms with E-state index in [1.807, 2.05) is 30.3 Å². The van der Waals surface area contributed by atoms with Gasteiger partial charge in [-0.05, 0) is 23.8 Å². The molecule has 0 aromatic heterocycles. The van der Waals surface area contributed by atoms with Gasteiger partial charge in [0.05, 0.1) is 17.9 Å². The number of carbonyl (C=O) groups is 1. The molecular weight excluding hydrogens is 376 g/mol. The summed E-state index contributed by atoms with van der Waals surface area (Å²) in [6, 6.07) is 15.7. The average molecular weight is 393 g/mol. The summed E-state index contributed by atoms with van der Waals surface area (Å²) in [5.74, 6) is -0.131. The number of benzene rings is 2. The molecule has 2 aliphatic heterocycles. The van der Waals surface area contributed by atoms with Crippen molar-refractivity contribution in [2.45, 2.75) is 23.5 Å². The molecule has 2 aromatic carbocycles. The monoisotopic (exact) mass is 392 g/mol. The Labute approximate surface area is 156 Å². The number of halogens is 1. The van der Waals surface area contributed by atoms with Gasteiger partial charge in [-0.1, -0.05) is 48.0 Å². The molecule has 0 atom stereocenters. The first-order valence-electron chi connectivity index (χ1n) is 8.17. The molecular formula is C18H17ClN2O4S. The van der Waals surface area contributed by atoms with Gasteiger partial charge in [-0.15, -0.1) is 0 Å². The van der Waals surface area contributed by atoms with Crippen molar-refractivity contribution in [2.24, 2.45) is 0 Å². The van der Waals surface area contributed by atoms with Gasteiger partial charge in [0, 0.05) is 18.1 Å². The highest BCUT2D eigenvalue weighted by molar-refractivity contribution is 7.89. The molecule has 1 spiro atoms. The predicted octanol–water partition coefficient (Wildman–Crippen LogP) is 2.45. The van der Waals surface area contributed by atoms with E-state index in [-0.39, 0.29) is 30.3 Å². The molecule has 4 rings (SSSR count). The van der Waals surface area contributed by atoms with Gasteiger partial charge in [0.1, 0.15) is 5.60 Å². The second-order valence-corrected chi connectivity index (χ2v) is 8.97. The van der Waals surface area contributed by atoms with Crippen LogP contribution in [0.4, 0.5) is 0 Å². The third-order valence-electron chi connectivity index (χ3n) is 4.59. The van der Waals surface area contributed by atoms with Crippen LogP contribution in [-0.4, -0.2) is 42.4 Å². The fraction of sp³-hybridized carbons (Fsp3) is 0.278. The first-order valence-corrected chi connectivity index (χ1v) is 9.99. The number of hydrogen-bond acceptors (Lipinski definition) is 4. The van der Waals surface area contributed by atoms with Gasteiger partial charge in [-0.25, -0.2) is 13.5 Å². The number of sulfonamides is 1. The van der Waals surface area contributed by atoms with Gasteiger partial charge < -0.3 is 0 Å². The van der Waals surface area contributed by atoms with Crippen molar-refractivity contribution >= 4 is 27.5 Å². The highest BCUT2D eigenvalue weighted by atomic mass is 35.5. The van der Waals surface area contributed by atoms with E-state index in [1.54, 1.807) is 12.1 Å². The highest BCUT2D eigenvalue weighted by Gasteiger charge is 2.56. The Morgan fingerprint density at radius 3 is 2.50 bits per heavy atom. The van der Waals surface area contributed by atoms with Crippen LogP contribution in [0.3, 0.4) is 0 Å². The summed E-state index contributed by atoms with van der Waals surface area (Å²) < 4.78 is 26.7. The second-order valence-electron chi connectivity index (χ2n) is 6.60. The summed E-state index contributed by atoms with van der Waals surface area (Å²) in [6.45, 7) is 0.653. The molecule has 0 bridgehead atoms. The molecule has 2 heterocycles. The molecule has 0 saturated carbocycles. The average Bonchev–Trinajstić information content (AvgIpc) is 2.91. The molecule has 0 unspecified atom stereocenters. The molecule has 136 valence electrons. The Bertz CT molecular complexity index is 943. The Hall–Kier alpha value is -1.93. The van der Waals surface area contributed by atoms with Gasteiger partial charge in [-0.3, -0.25) is 9.63 Å². The molecule has 8 heteroatoms. The lowest BCUT2D eigenvalue weighted by Gasteiger charge is -2.44. The van der Waals surface area contributed by atoms with Crippen LogP contribution >= 0.6 is 11.6 Å². The summed E-state index contributed by atoms with van der Waals surface area (Å²) in [5.41, 5.74) is 0.193. The molecule has 2 aromatic rings. The minimum atomic E-state index is -3.64. The largest absolute Gasteiger partial charge is 0.272 e. The highest BCUT2D eigenvalue weighted by Crippen LogP contribution is 2.39. The fourth-order valence-electron chi connectivity index (χ4n) is 3.26. The summed E-state index contributed by atoms with van der Waals surface area (Å²) in [4.78, 5) is 18.3. The first-order chi connectivity index (χ1) is 12.4. The van der Waals surface area contributed by atoms with Crippen molar-refractivity contribution in [1.82, 2.24) is 9.37 Å². The third-order valence-corrected chi connectivity index (χ3v) is 6.61. The van der Waals surface area contributed by atoms with Crippen molar-refractivity contribution < 1.29 is 18.0 Å². The van der Waals surface area contributed by atoms with Crippen LogP contribution in [-0.2, 0) is 26.2 Å². The van der Waals surface area contributed by atoms with E-state index in [1.165, 1.54) is 21.5 Å². The van der Waals surface area contributed by atoms with Gasteiger partial charge in [0.2, 0.25) is 15.9 Å². The lowest BCUT2D eigenvalue weighted by atomic mass is 9.94. The van der Waals surface area contributed by atoms with Crippen LogP contribution < -0.4 is 0 Å². The minimum absolute atomic E-state index is 0.131. The number of carbonyl (C=O) groups excluding carboxylic acids is 1. The maximum atomic E-state index is 12.7. The van der Waals surface area contributed by atoms with Crippen LogP contribution in [0.2, 0.25) is 5.02 Å². The Balaban J connectivity index is 1.45. The van der Waals surface area contributed by atoms with E-state index in [4.69, 9.17) is 16.4 Å². The molecule has 2 fully saturated rings. The number of nitrogens with zero attached hydrogens (tertiary/aromatic N) is 2. The number of hydroxylamine groups is 2.